The number of aromatic hydroxyl groups is 1. The van der Waals surface area contributed by atoms with Gasteiger partial charge in [0.2, 0.25) is 5.91 Å². The second-order valence-electron chi connectivity index (χ2n) is 8.01. The Morgan fingerprint density at radius 3 is 2.53 bits per heavy atom. The maximum absolute atomic E-state index is 12.7. The van der Waals surface area contributed by atoms with E-state index >= 15 is 0 Å². The van der Waals surface area contributed by atoms with Crippen LogP contribution < -0.4 is 10.1 Å². The number of anilines is 1. The number of phenolic OH excluding ortho intramolecular Hbond substituents is 1. The Hall–Kier alpha value is -3.28. The Kier molecular flexibility index (Phi) is 7.64. The number of carbonyl (C=O) groups is 2. The van der Waals surface area contributed by atoms with E-state index in [0.717, 1.165) is 23.0 Å². The first-order valence-corrected chi connectivity index (χ1v) is 9.84. The van der Waals surface area contributed by atoms with Gasteiger partial charge in [-0.1, -0.05) is 32.0 Å². The van der Waals surface area contributed by atoms with Crippen LogP contribution in [0.2, 0.25) is 0 Å². The van der Waals surface area contributed by atoms with Crippen molar-refractivity contribution in [3.63, 3.8) is 0 Å². The lowest BCUT2D eigenvalue weighted by Crippen LogP contribution is -2.31. The minimum atomic E-state index is -1.07. The molecule has 0 saturated heterocycles. The van der Waals surface area contributed by atoms with Gasteiger partial charge in [-0.05, 0) is 67.7 Å². The molecule has 1 amide bonds. The lowest BCUT2D eigenvalue weighted by molar-refractivity contribution is -0.131. The first-order valence-electron chi connectivity index (χ1n) is 9.84. The van der Waals surface area contributed by atoms with Gasteiger partial charge in [0.1, 0.15) is 11.5 Å². The van der Waals surface area contributed by atoms with E-state index in [4.69, 9.17) is 9.84 Å². The summed E-state index contributed by atoms with van der Waals surface area (Å²) in [4.78, 5) is 23.3. The van der Waals surface area contributed by atoms with Crippen LogP contribution in [0.25, 0.3) is 6.08 Å². The molecule has 0 saturated carbocycles. The lowest BCUT2D eigenvalue weighted by atomic mass is 9.86. The number of nitrogens with one attached hydrogen (secondary N) is 1. The predicted molar refractivity (Wildman–Crippen MR) is 118 cm³/mol. The van der Waals surface area contributed by atoms with Crippen molar-refractivity contribution in [2.24, 2.45) is 5.41 Å². The summed E-state index contributed by atoms with van der Waals surface area (Å²) < 4.78 is 5.86. The van der Waals surface area contributed by atoms with Crippen LogP contribution in [-0.2, 0) is 9.59 Å². The zero-order chi connectivity index (χ0) is 22.3. The second kappa shape index (κ2) is 9.96. The van der Waals surface area contributed by atoms with E-state index in [0.29, 0.717) is 25.0 Å². The van der Waals surface area contributed by atoms with Gasteiger partial charge in [-0.3, -0.25) is 4.79 Å². The Labute approximate surface area is 177 Å². The number of rotatable bonds is 9. The summed E-state index contributed by atoms with van der Waals surface area (Å²) in [5.41, 5.74) is 2.37. The maximum Gasteiger partial charge on any atom is 0.328 e. The molecular weight excluding hydrogens is 382 g/mol. The number of hydrogen-bond donors (Lipinski definition) is 3. The molecule has 0 heterocycles. The summed E-state index contributed by atoms with van der Waals surface area (Å²) in [7, 11) is 0. The normalized spacial score (nSPS) is 11.5. The van der Waals surface area contributed by atoms with Crippen molar-refractivity contribution in [1.82, 2.24) is 0 Å². The van der Waals surface area contributed by atoms with Gasteiger partial charge in [-0.2, -0.15) is 0 Å². The first-order chi connectivity index (χ1) is 14.1. The second-order valence-corrected chi connectivity index (χ2v) is 8.01. The zero-order valence-corrected chi connectivity index (χ0v) is 17.9. The van der Waals surface area contributed by atoms with Crippen molar-refractivity contribution in [3.05, 3.63) is 59.2 Å². The largest absolute Gasteiger partial charge is 0.506 e. The van der Waals surface area contributed by atoms with Crippen LogP contribution >= 0.6 is 0 Å². The highest BCUT2D eigenvalue weighted by Gasteiger charge is 2.27. The molecule has 0 aromatic heterocycles. The fourth-order valence-electron chi connectivity index (χ4n) is 2.89. The van der Waals surface area contributed by atoms with E-state index in [9.17, 15) is 14.7 Å². The molecule has 0 radical (unpaired) electrons. The molecule has 6 nitrogen and oxygen atoms in total. The van der Waals surface area contributed by atoms with Gasteiger partial charge in [0.05, 0.1) is 12.3 Å². The average Bonchev–Trinajstić information content (AvgIpc) is 2.67. The number of carboxylic acid groups (broad SMARTS) is 1. The minimum Gasteiger partial charge on any atom is -0.506 e. The fraction of sp³-hybridized carbons (Fsp3) is 0.333. The summed E-state index contributed by atoms with van der Waals surface area (Å²) in [6.45, 7) is 8.23. The SMILES string of the molecule is Cc1ccc(C)c(OCCCC(C)(C)C(=O)Nc2ccc(C=CC(=O)O)cc2O)c1. The van der Waals surface area contributed by atoms with Crippen LogP contribution in [-0.4, -0.2) is 28.7 Å². The monoisotopic (exact) mass is 411 g/mol. The van der Waals surface area contributed by atoms with E-state index in [1.807, 2.05) is 45.9 Å². The number of carbonyl (C=O) groups excluding carboxylic acids is 1. The summed E-state index contributed by atoms with van der Waals surface area (Å²) >= 11 is 0. The van der Waals surface area contributed by atoms with Crippen LogP contribution in [0.5, 0.6) is 11.5 Å². The van der Waals surface area contributed by atoms with Crippen LogP contribution in [0, 0.1) is 19.3 Å². The molecule has 160 valence electrons. The van der Waals surface area contributed by atoms with Gasteiger partial charge in [0.25, 0.3) is 0 Å². The molecule has 3 N–H and O–H groups in total. The van der Waals surface area contributed by atoms with Gasteiger partial charge < -0.3 is 20.3 Å². The third-order valence-electron chi connectivity index (χ3n) is 4.85. The highest BCUT2D eigenvalue weighted by atomic mass is 16.5. The highest BCUT2D eigenvalue weighted by molar-refractivity contribution is 5.96. The van der Waals surface area contributed by atoms with E-state index in [1.165, 1.54) is 12.1 Å². The molecule has 0 bridgehead atoms. The van der Waals surface area contributed by atoms with Crippen molar-refractivity contribution < 1.29 is 24.5 Å². The van der Waals surface area contributed by atoms with Crippen molar-refractivity contribution in [3.8, 4) is 11.5 Å². The topological polar surface area (TPSA) is 95.9 Å². The molecule has 0 aliphatic heterocycles. The van der Waals surface area contributed by atoms with E-state index in [1.54, 1.807) is 12.1 Å². The number of hydrogen-bond acceptors (Lipinski definition) is 4. The molecule has 0 fully saturated rings. The third-order valence-corrected chi connectivity index (χ3v) is 4.85. The van der Waals surface area contributed by atoms with Gasteiger partial charge in [-0.15, -0.1) is 0 Å². The van der Waals surface area contributed by atoms with E-state index < -0.39 is 11.4 Å². The molecule has 0 unspecified atom stereocenters. The Bertz CT molecular complexity index is 947. The van der Waals surface area contributed by atoms with Crippen molar-refractivity contribution in [2.75, 3.05) is 11.9 Å². The standard InChI is InChI=1S/C24H29NO5/c1-16-6-7-17(2)21(14-16)30-13-5-12-24(3,4)23(29)25-19-10-8-18(15-20(19)26)9-11-22(27)28/h6-11,14-15,26H,5,12-13H2,1-4H3,(H,25,29)(H,27,28). The molecule has 0 atom stereocenters. The smallest absolute Gasteiger partial charge is 0.328 e. The number of phenols is 1. The fourth-order valence-corrected chi connectivity index (χ4v) is 2.89. The number of benzene rings is 2. The molecular formula is C24H29NO5. The summed E-state index contributed by atoms with van der Waals surface area (Å²) in [6, 6.07) is 10.6. The zero-order valence-electron chi connectivity index (χ0n) is 17.9. The molecule has 0 aliphatic rings. The van der Waals surface area contributed by atoms with Crippen molar-refractivity contribution in [1.29, 1.82) is 0 Å². The molecule has 30 heavy (non-hydrogen) atoms. The number of amides is 1. The number of carboxylic acids is 1. The van der Waals surface area contributed by atoms with E-state index in [2.05, 4.69) is 5.32 Å². The average molecular weight is 411 g/mol. The van der Waals surface area contributed by atoms with Gasteiger partial charge in [-0.25, -0.2) is 4.79 Å². The molecule has 2 rings (SSSR count). The van der Waals surface area contributed by atoms with Gasteiger partial charge in [0.15, 0.2) is 0 Å². The highest BCUT2D eigenvalue weighted by Crippen LogP contribution is 2.30. The molecule has 2 aromatic rings. The Balaban J connectivity index is 1.90. The number of aliphatic carboxylic acids is 1. The number of ether oxygens (including phenoxy) is 1. The molecule has 0 spiro atoms. The first kappa shape index (κ1) is 23.0. The Morgan fingerprint density at radius 1 is 1.13 bits per heavy atom. The van der Waals surface area contributed by atoms with Crippen LogP contribution in [0.1, 0.15) is 43.4 Å². The maximum atomic E-state index is 12.7. The third kappa shape index (κ3) is 6.65. The molecule has 6 heteroatoms. The summed E-state index contributed by atoms with van der Waals surface area (Å²) in [6.07, 6.45) is 3.67. The van der Waals surface area contributed by atoms with Crippen LogP contribution in [0.15, 0.2) is 42.5 Å². The predicted octanol–water partition coefficient (Wildman–Crippen LogP) is 4.93. The minimum absolute atomic E-state index is 0.120. The van der Waals surface area contributed by atoms with Crippen LogP contribution in [0.4, 0.5) is 5.69 Å². The summed E-state index contributed by atoms with van der Waals surface area (Å²) in [5.74, 6) is -0.544. The Morgan fingerprint density at radius 2 is 1.87 bits per heavy atom. The van der Waals surface area contributed by atoms with Gasteiger partial charge >= 0.3 is 5.97 Å². The number of aryl methyl sites for hydroxylation is 2. The van der Waals surface area contributed by atoms with Crippen molar-refractivity contribution >= 4 is 23.6 Å². The summed E-state index contributed by atoms with van der Waals surface area (Å²) in [5, 5.41) is 21.6. The molecule has 2 aromatic carbocycles. The van der Waals surface area contributed by atoms with Crippen molar-refractivity contribution in [2.45, 2.75) is 40.5 Å². The van der Waals surface area contributed by atoms with Crippen LogP contribution in [0.3, 0.4) is 0 Å². The lowest BCUT2D eigenvalue weighted by Gasteiger charge is -2.24. The molecule has 0 aliphatic carbocycles. The quantitative estimate of drug-likeness (QED) is 0.309. The van der Waals surface area contributed by atoms with E-state index in [-0.39, 0.29) is 17.3 Å². The van der Waals surface area contributed by atoms with Gasteiger partial charge in [0, 0.05) is 11.5 Å².